The van der Waals surface area contributed by atoms with Crippen LogP contribution in [0.1, 0.15) is 24.0 Å². The molecule has 1 unspecified atom stereocenters. The van der Waals surface area contributed by atoms with Crippen LogP contribution in [0.5, 0.6) is 11.5 Å². The summed E-state index contributed by atoms with van der Waals surface area (Å²) in [7, 11) is 1.63. The Morgan fingerprint density at radius 3 is 2.59 bits per heavy atom. The average Bonchev–Trinajstić information content (AvgIpc) is 2.58. The van der Waals surface area contributed by atoms with Crippen molar-refractivity contribution in [3.8, 4) is 11.5 Å². The van der Waals surface area contributed by atoms with Crippen LogP contribution in [-0.4, -0.2) is 20.1 Å². The molecule has 1 N–H and O–H groups in total. The van der Waals surface area contributed by atoms with Gasteiger partial charge in [0.15, 0.2) is 11.5 Å². The van der Waals surface area contributed by atoms with Crippen LogP contribution in [0, 0.1) is 0 Å². The van der Waals surface area contributed by atoms with Crippen LogP contribution in [0.4, 0.5) is 0 Å². The van der Waals surface area contributed by atoms with Gasteiger partial charge in [-0.05, 0) is 29.2 Å². The SMILES string of the molecule is COc1cc(C(C)CNC=O)ccc1OCc1ccccc1. The summed E-state index contributed by atoms with van der Waals surface area (Å²) < 4.78 is 11.2. The lowest BCUT2D eigenvalue weighted by Gasteiger charge is -2.15. The standard InChI is InChI=1S/C18H21NO3/c1-14(11-19-13-20)16-8-9-17(18(10-16)21-2)22-12-15-6-4-3-5-7-15/h3-10,13-14H,11-12H2,1-2H3,(H,19,20). The Balaban J connectivity index is 2.07. The summed E-state index contributed by atoms with van der Waals surface area (Å²) in [6, 6.07) is 15.9. The van der Waals surface area contributed by atoms with Crippen molar-refractivity contribution in [1.29, 1.82) is 0 Å². The van der Waals surface area contributed by atoms with Crippen molar-refractivity contribution in [2.24, 2.45) is 0 Å². The quantitative estimate of drug-likeness (QED) is 0.762. The van der Waals surface area contributed by atoms with E-state index in [1.807, 2.05) is 48.5 Å². The first-order valence-electron chi connectivity index (χ1n) is 7.26. The van der Waals surface area contributed by atoms with E-state index in [-0.39, 0.29) is 5.92 Å². The lowest BCUT2D eigenvalue weighted by molar-refractivity contribution is -0.109. The Labute approximate surface area is 131 Å². The second-order valence-corrected chi connectivity index (χ2v) is 5.11. The van der Waals surface area contributed by atoms with Gasteiger partial charge < -0.3 is 14.8 Å². The number of hydrogen-bond acceptors (Lipinski definition) is 3. The van der Waals surface area contributed by atoms with Gasteiger partial charge in [0.2, 0.25) is 6.41 Å². The number of carbonyl (C=O) groups is 1. The lowest BCUT2D eigenvalue weighted by atomic mass is 10.0. The van der Waals surface area contributed by atoms with Crippen LogP contribution in [-0.2, 0) is 11.4 Å². The van der Waals surface area contributed by atoms with Crippen molar-refractivity contribution in [1.82, 2.24) is 5.32 Å². The number of methoxy groups -OCH3 is 1. The molecule has 2 aromatic carbocycles. The second-order valence-electron chi connectivity index (χ2n) is 5.11. The molecule has 22 heavy (non-hydrogen) atoms. The van der Waals surface area contributed by atoms with E-state index in [4.69, 9.17) is 9.47 Å². The fourth-order valence-corrected chi connectivity index (χ4v) is 2.19. The summed E-state index contributed by atoms with van der Waals surface area (Å²) >= 11 is 0. The molecule has 0 bridgehead atoms. The van der Waals surface area contributed by atoms with Gasteiger partial charge in [0.1, 0.15) is 6.61 Å². The molecule has 0 saturated carbocycles. The molecule has 0 fully saturated rings. The highest BCUT2D eigenvalue weighted by Gasteiger charge is 2.10. The molecular weight excluding hydrogens is 278 g/mol. The highest BCUT2D eigenvalue weighted by molar-refractivity contribution is 5.47. The normalized spacial score (nSPS) is 11.5. The molecule has 0 radical (unpaired) electrons. The summed E-state index contributed by atoms with van der Waals surface area (Å²) in [4.78, 5) is 10.4. The minimum Gasteiger partial charge on any atom is -0.493 e. The summed E-state index contributed by atoms with van der Waals surface area (Å²) in [5, 5.41) is 2.69. The Hall–Kier alpha value is -2.49. The van der Waals surface area contributed by atoms with Gasteiger partial charge in [-0.2, -0.15) is 0 Å². The highest BCUT2D eigenvalue weighted by atomic mass is 16.5. The zero-order valence-corrected chi connectivity index (χ0v) is 12.9. The van der Waals surface area contributed by atoms with E-state index in [2.05, 4.69) is 12.2 Å². The summed E-state index contributed by atoms with van der Waals surface area (Å²) in [5.41, 5.74) is 2.20. The zero-order valence-electron chi connectivity index (χ0n) is 12.9. The van der Waals surface area contributed by atoms with E-state index in [9.17, 15) is 4.79 Å². The highest BCUT2D eigenvalue weighted by Crippen LogP contribution is 2.31. The molecular formula is C18H21NO3. The number of amides is 1. The lowest BCUT2D eigenvalue weighted by Crippen LogP contribution is -2.17. The first kappa shape index (κ1) is 15.9. The van der Waals surface area contributed by atoms with Gasteiger partial charge in [-0.15, -0.1) is 0 Å². The summed E-state index contributed by atoms with van der Waals surface area (Å²) in [6.07, 6.45) is 0.713. The molecule has 116 valence electrons. The summed E-state index contributed by atoms with van der Waals surface area (Å²) in [5.74, 6) is 1.62. The molecule has 4 heteroatoms. The number of ether oxygens (including phenoxy) is 2. The van der Waals surface area contributed by atoms with Gasteiger partial charge in [-0.3, -0.25) is 4.79 Å². The maximum Gasteiger partial charge on any atom is 0.207 e. The van der Waals surface area contributed by atoms with Crippen molar-refractivity contribution < 1.29 is 14.3 Å². The third-order valence-electron chi connectivity index (χ3n) is 3.50. The molecule has 1 atom stereocenters. The van der Waals surface area contributed by atoms with Crippen molar-refractivity contribution in [2.75, 3.05) is 13.7 Å². The molecule has 0 saturated heterocycles. The third kappa shape index (κ3) is 4.25. The van der Waals surface area contributed by atoms with Crippen LogP contribution < -0.4 is 14.8 Å². The second kappa shape index (κ2) is 8.08. The molecule has 2 aromatic rings. The van der Waals surface area contributed by atoms with Gasteiger partial charge in [-0.1, -0.05) is 43.3 Å². The Morgan fingerprint density at radius 1 is 1.14 bits per heavy atom. The maximum absolute atomic E-state index is 10.4. The predicted octanol–water partition coefficient (Wildman–Crippen LogP) is 3.12. The van der Waals surface area contributed by atoms with Crippen LogP contribution >= 0.6 is 0 Å². The molecule has 4 nitrogen and oxygen atoms in total. The number of hydrogen-bond donors (Lipinski definition) is 1. The molecule has 0 heterocycles. The van der Waals surface area contributed by atoms with E-state index < -0.39 is 0 Å². The molecule has 0 aliphatic rings. The van der Waals surface area contributed by atoms with Crippen LogP contribution in [0.25, 0.3) is 0 Å². The minimum absolute atomic E-state index is 0.210. The van der Waals surface area contributed by atoms with Crippen molar-refractivity contribution >= 4 is 6.41 Å². The van der Waals surface area contributed by atoms with E-state index in [1.54, 1.807) is 7.11 Å². The first-order chi connectivity index (χ1) is 10.7. The monoisotopic (exact) mass is 299 g/mol. The van der Waals surface area contributed by atoms with Gasteiger partial charge in [0, 0.05) is 6.54 Å². The molecule has 0 aliphatic heterocycles. The first-order valence-corrected chi connectivity index (χ1v) is 7.26. The van der Waals surface area contributed by atoms with Gasteiger partial charge in [0.25, 0.3) is 0 Å². The van der Waals surface area contributed by atoms with E-state index in [1.165, 1.54) is 0 Å². The number of benzene rings is 2. The van der Waals surface area contributed by atoms with E-state index in [0.717, 1.165) is 11.1 Å². The van der Waals surface area contributed by atoms with Gasteiger partial charge in [-0.25, -0.2) is 0 Å². The minimum atomic E-state index is 0.210. The van der Waals surface area contributed by atoms with E-state index in [0.29, 0.717) is 31.1 Å². The van der Waals surface area contributed by atoms with Crippen LogP contribution in [0.3, 0.4) is 0 Å². The maximum atomic E-state index is 10.4. The average molecular weight is 299 g/mol. The third-order valence-corrected chi connectivity index (χ3v) is 3.50. The van der Waals surface area contributed by atoms with Crippen LogP contribution in [0.2, 0.25) is 0 Å². The molecule has 0 aliphatic carbocycles. The Morgan fingerprint density at radius 2 is 1.91 bits per heavy atom. The smallest absolute Gasteiger partial charge is 0.207 e. The number of nitrogens with one attached hydrogen (secondary N) is 1. The fraction of sp³-hybridized carbons (Fsp3) is 0.278. The van der Waals surface area contributed by atoms with E-state index >= 15 is 0 Å². The topological polar surface area (TPSA) is 47.6 Å². The molecule has 1 amide bonds. The zero-order chi connectivity index (χ0) is 15.8. The number of carbonyl (C=O) groups excluding carboxylic acids is 1. The van der Waals surface area contributed by atoms with Crippen molar-refractivity contribution in [2.45, 2.75) is 19.4 Å². The largest absolute Gasteiger partial charge is 0.493 e. The van der Waals surface area contributed by atoms with Gasteiger partial charge >= 0.3 is 0 Å². The van der Waals surface area contributed by atoms with Crippen molar-refractivity contribution in [3.63, 3.8) is 0 Å². The predicted molar refractivity (Wildman–Crippen MR) is 86.2 cm³/mol. The Bertz CT molecular complexity index is 599. The number of rotatable bonds is 8. The van der Waals surface area contributed by atoms with Crippen LogP contribution in [0.15, 0.2) is 48.5 Å². The van der Waals surface area contributed by atoms with Gasteiger partial charge in [0.05, 0.1) is 7.11 Å². The molecule has 2 rings (SSSR count). The Kier molecular flexibility index (Phi) is 5.83. The molecule has 0 aromatic heterocycles. The van der Waals surface area contributed by atoms with Crippen molar-refractivity contribution in [3.05, 3.63) is 59.7 Å². The molecule has 0 spiro atoms. The fourth-order valence-electron chi connectivity index (χ4n) is 2.19. The summed E-state index contributed by atoms with van der Waals surface area (Å²) in [6.45, 7) is 3.14.